The Morgan fingerprint density at radius 2 is 2.15 bits per heavy atom. The van der Waals surface area contributed by atoms with Gasteiger partial charge in [0, 0.05) is 50.3 Å². The van der Waals surface area contributed by atoms with E-state index < -0.39 is 0 Å². The summed E-state index contributed by atoms with van der Waals surface area (Å²) in [6.07, 6.45) is 7.08. The minimum absolute atomic E-state index is 0.0444. The summed E-state index contributed by atoms with van der Waals surface area (Å²) < 4.78 is 0. The van der Waals surface area contributed by atoms with Crippen molar-refractivity contribution in [2.24, 2.45) is 5.41 Å². The van der Waals surface area contributed by atoms with Crippen molar-refractivity contribution in [2.45, 2.75) is 45.4 Å². The number of aromatic nitrogens is 2. The van der Waals surface area contributed by atoms with Crippen molar-refractivity contribution in [3.8, 4) is 0 Å². The van der Waals surface area contributed by atoms with E-state index in [1.165, 1.54) is 0 Å². The number of likely N-dealkylation sites (tertiary alicyclic amines) is 2. The number of nitrogens with one attached hydrogen (secondary N) is 1. The maximum Gasteiger partial charge on any atom is 0.257 e. The van der Waals surface area contributed by atoms with Gasteiger partial charge in [-0.05, 0) is 39.8 Å². The fourth-order valence-corrected chi connectivity index (χ4v) is 4.45. The minimum atomic E-state index is 0.0444. The van der Waals surface area contributed by atoms with Gasteiger partial charge in [-0.2, -0.15) is 5.10 Å². The Morgan fingerprint density at radius 1 is 1.33 bits per heavy atom. The average molecular weight is 376 g/mol. The second-order valence-corrected chi connectivity index (χ2v) is 8.46. The molecule has 1 aromatic heterocycles. The molecule has 3 heterocycles. The van der Waals surface area contributed by atoms with E-state index in [0.29, 0.717) is 12.0 Å². The van der Waals surface area contributed by atoms with Gasteiger partial charge in [-0.25, -0.2) is 0 Å². The summed E-state index contributed by atoms with van der Waals surface area (Å²) >= 11 is 0. The maximum atomic E-state index is 13.1. The molecule has 0 bridgehead atoms. The molecule has 27 heavy (non-hydrogen) atoms. The number of hydrogen-bond acceptors (Lipinski definition) is 4. The van der Waals surface area contributed by atoms with Crippen LogP contribution >= 0.6 is 0 Å². The first-order chi connectivity index (χ1) is 12.9. The van der Waals surface area contributed by atoms with Crippen molar-refractivity contribution >= 4 is 11.8 Å². The van der Waals surface area contributed by atoms with E-state index in [0.717, 1.165) is 70.5 Å². The highest BCUT2D eigenvalue weighted by Gasteiger charge is 2.43. The molecule has 7 nitrogen and oxygen atoms in total. The first kappa shape index (κ1) is 19.9. The molecule has 2 saturated heterocycles. The number of piperidine rings is 2. The van der Waals surface area contributed by atoms with Gasteiger partial charge < -0.3 is 14.7 Å². The van der Waals surface area contributed by atoms with E-state index in [-0.39, 0.29) is 17.2 Å². The van der Waals surface area contributed by atoms with Crippen molar-refractivity contribution in [2.75, 3.05) is 46.8 Å². The highest BCUT2D eigenvalue weighted by atomic mass is 16.2. The number of aryl methyl sites for hydroxylation is 1. The van der Waals surface area contributed by atoms with E-state index >= 15 is 0 Å². The smallest absolute Gasteiger partial charge is 0.257 e. The first-order valence-corrected chi connectivity index (χ1v) is 10.2. The zero-order valence-electron chi connectivity index (χ0n) is 17.0. The molecular weight excluding hydrogens is 342 g/mol. The van der Waals surface area contributed by atoms with E-state index in [9.17, 15) is 9.59 Å². The van der Waals surface area contributed by atoms with Crippen molar-refractivity contribution in [3.05, 3.63) is 17.5 Å². The molecule has 0 unspecified atom stereocenters. The van der Waals surface area contributed by atoms with Crippen LogP contribution in [-0.4, -0.2) is 83.5 Å². The summed E-state index contributed by atoms with van der Waals surface area (Å²) in [5.41, 5.74) is 1.70. The second kappa shape index (κ2) is 8.42. The summed E-state index contributed by atoms with van der Waals surface area (Å²) in [6.45, 7) is 6.06. The zero-order chi connectivity index (χ0) is 19.4. The standard InChI is InChI=1S/C20H33N5O2/c1-4-6-17-16(13-21-22-17)19(27)25-10-5-8-20(15-25)9-7-18(26)24(14-20)12-11-23(2)3/h13H,4-12,14-15H2,1-3H3,(H,21,22)/t20-/m1/s1. The van der Waals surface area contributed by atoms with Crippen LogP contribution in [0, 0.1) is 5.41 Å². The van der Waals surface area contributed by atoms with Crippen LogP contribution in [-0.2, 0) is 11.2 Å². The SMILES string of the molecule is CCCc1[nH]ncc1C(=O)N1CCC[C@]2(CCC(=O)N(CCN(C)C)C2)C1. The van der Waals surface area contributed by atoms with Crippen molar-refractivity contribution in [1.82, 2.24) is 24.9 Å². The lowest BCUT2D eigenvalue weighted by Gasteiger charge is -2.48. The largest absolute Gasteiger partial charge is 0.341 e. The van der Waals surface area contributed by atoms with Gasteiger partial charge in [-0.1, -0.05) is 13.3 Å². The molecule has 1 spiro atoms. The van der Waals surface area contributed by atoms with Crippen molar-refractivity contribution < 1.29 is 9.59 Å². The number of carbonyl (C=O) groups excluding carboxylic acids is 2. The third kappa shape index (κ3) is 4.51. The van der Waals surface area contributed by atoms with Gasteiger partial charge in [0.05, 0.1) is 11.8 Å². The van der Waals surface area contributed by atoms with E-state index in [4.69, 9.17) is 0 Å². The van der Waals surface area contributed by atoms with Crippen LogP contribution in [0.5, 0.6) is 0 Å². The molecular formula is C20H33N5O2. The van der Waals surface area contributed by atoms with E-state index in [2.05, 4.69) is 22.0 Å². The lowest BCUT2D eigenvalue weighted by Crippen LogP contribution is -2.55. The van der Waals surface area contributed by atoms with Crippen LogP contribution in [0.3, 0.4) is 0 Å². The van der Waals surface area contributed by atoms with Crippen LogP contribution in [0.25, 0.3) is 0 Å². The summed E-state index contributed by atoms with van der Waals surface area (Å²) in [4.78, 5) is 31.6. The lowest BCUT2D eigenvalue weighted by molar-refractivity contribution is -0.139. The number of amides is 2. The molecule has 1 atom stereocenters. The topological polar surface area (TPSA) is 72.5 Å². The van der Waals surface area contributed by atoms with Gasteiger partial charge in [0.2, 0.25) is 5.91 Å². The Kier molecular flexibility index (Phi) is 6.19. The minimum Gasteiger partial charge on any atom is -0.341 e. The quantitative estimate of drug-likeness (QED) is 0.822. The fraction of sp³-hybridized carbons (Fsp3) is 0.750. The molecule has 3 rings (SSSR count). The van der Waals surface area contributed by atoms with Crippen LogP contribution in [0.15, 0.2) is 6.20 Å². The van der Waals surface area contributed by atoms with E-state index in [1.807, 2.05) is 23.9 Å². The number of aromatic amines is 1. The predicted molar refractivity (Wildman–Crippen MR) is 105 cm³/mol. The Labute approximate surface area is 162 Å². The van der Waals surface area contributed by atoms with E-state index in [1.54, 1.807) is 6.20 Å². The molecule has 2 aliphatic heterocycles. The van der Waals surface area contributed by atoms with Gasteiger partial charge in [0.25, 0.3) is 5.91 Å². The molecule has 2 fully saturated rings. The number of rotatable bonds is 6. The summed E-state index contributed by atoms with van der Waals surface area (Å²) in [6, 6.07) is 0. The summed E-state index contributed by atoms with van der Waals surface area (Å²) in [5.74, 6) is 0.342. The highest BCUT2D eigenvalue weighted by molar-refractivity contribution is 5.95. The molecule has 0 saturated carbocycles. The van der Waals surface area contributed by atoms with Crippen molar-refractivity contribution in [1.29, 1.82) is 0 Å². The Morgan fingerprint density at radius 3 is 2.89 bits per heavy atom. The number of carbonyl (C=O) groups is 2. The zero-order valence-corrected chi connectivity index (χ0v) is 17.0. The first-order valence-electron chi connectivity index (χ1n) is 10.2. The van der Waals surface area contributed by atoms with Crippen LogP contribution in [0.1, 0.15) is 55.1 Å². The number of nitrogens with zero attached hydrogens (tertiary/aromatic N) is 4. The van der Waals surface area contributed by atoms with Gasteiger partial charge in [-0.3, -0.25) is 14.7 Å². The summed E-state index contributed by atoms with van der Waals surface area (Å²) in [7, 11) is 4.06. The lowest BCUT2D eigenvalue weighted by atomic mass is 9.73. The second-order valence-electron chi connectivity index (χ2n) is 8.46. The average Bonchev–Trinajstić information content (AvgIpc) is 3.11. The molecule has 1 aromatic rings. The molecule has 2 amide bonds. The molecule has 7 heteroatoms. The van der Waals surface area contributed by atoms with Gasteiger partial charge in [-0.15, -0.1) is 0 Å². The Hall–Kier alpha value is -1.89. The predicted octanol–water partition coefficient (Wildman–Crippen LogP) is 1.77. The molecule has 150 valence electrons. The number of likely N-dealkylation sites (N-methyl/N-ethyl adjacent to an activating group) is 1. The maximum absolute atomic E-state index is 13.1. The van der Waals surface area contributed by atoms with Gasteiger partial charge >= 0.3 is 0 Å². The Bertz CT molecular complexity index is 671. The normalized spacial score (nSPS) is 23.5. The highest BCUT2D eigenvalue weighted by Crippen LogP contribution is 2.39. The van der Waals surface area contributed by atoms with Crippen LogP contribution in [0.2, 0.25) is 0 Å². The molecule has 1 N–H and O–H groups in total. The van der Waals surface area contributed by atoms with Gasteiger partial charge in [0.15, 0.2) is 0 Å². The molecule has 0 aliphatic carbocycles. The number of H-pyrrole nitrogens is 1. The third-order valence-electron chi connectivity index (χ3n) is 5.96. The van der Waals surface area contributed by atoms with Gasteiger partial charge in [0.1, 0.15) is 0 Å². The van der Waals surface area contributed by atoms with Crippen LogP contribution < -0.4 is 0 Å². The third-order valence-corrected chi connectivity index (χ3v) is 5.96. The van der Waals surface area contributed by atoms with Crippen LogP contribution in [0.4, 0.5) is 0 Å². The Balaban J connectivity index is 1.70. The molecule has 0 aromatic carbocycles. The molecule has 0 radical (unpaired) electrons. The fourth-order valence-electron chi connectivity index (χ4n) is 4.45. The monoisotopic (exact) mass is 375 g/mol. The molecule has 2 aliphatic rings. The van der Waals surface area contributed by atoms with Crippen molar-refractivity contribution in [3.63, 3.8) is 0 Å². The summed E-state index contributed by atoms with van der Waals surface area (Å²) in [5, 5.41) is 7.08. The number of hydrogen-bond donors (Lipinski definition) is 1.